The molecule has 0 bridgehead atoms. The Labute approximate surface area is 227 Å². The Kier molecular flexibility index (Phi) is 6.36. The molecule has 0 radical (unpaired) electrons. The quantitative estimate of drug-likeness (QED) is 0.130. The van der Waals surface area contributed by atoms with Gasteiger partial charge in [-0.15, -0.1) is 42.0 Å². The van der Waals surface area contributed by atoms with Crippen LogP contribution in [0.1, 0.15) is 25.9 Å². The molecule has 4 aromatic rings. The Morgan fingerprint density at radius 1 is 1.32 bits per heavy atom. The zero-order valence-electron chi connectivity index (χ0n) is 24.3. The summed E-state index contributed by atoms with van der Waals surface area (Å²) in [5.74, 6) is 0. The van der Waals surface area contributed by atoms with E-state index in [0.29, 0.717) is 11.3 Å². The van der Waals surface area contributed by atoms with Gasteiger partial charge in [-0.2, -0.15) is 23.8 Å². The third-order valence-electron chi connectivity index (χ3n) is 4.83. The van der Waals surface area contributed by atoms with E-state index in [1.165, 1.54) is 11.3 Å². The molecule has 3 nitrogen and oxygen atoms in total. The van der Waals surface area contributed by atoms with Crippen molar-refractivity contribution in [1.29, 1.82) is 0 Å². The van der Waals surface area contributed by atoms with Gasteiger partial charge in [0.15, 0.2) is 0 Å². The van der Waals surface area contributed by atoms with Crippen LogP contribution in [0.25, 0.3) is 37.0 Å². The van der Waals surface area contributed by atoms with Gasteiger partial charge in [-0.05, 0) is 41.2 Å². The average Bonchev–Trinajstić information content (AvgIpc) is 3.27. The smallest absolute Gasteiger partial charge is 0.872 e. The van der Waals surface area contributed by atoms with E-state index >= 15 is 0 Å². The van der Waals surface area contributed by atoms with Crippen molar-refractivity contribution >= 4 is 37.4 Å². The number of aryl methyl sites for hydroxylation is 1. The Hall–Kier alpha value is -3.11. The van der Waals surface area contributed by atoms with Gasteiger partial charge in [-0.1, -0.05) is 48.7 Å². The van der Waals surface area contributed by atoms with Crippen molar-refractivity contribution in [1.82, 2.24) is 9.97 Å². The molecular formula is C29H24IrN3S. The molecule has 1 aliphatic rings. The van der Waals surface area contributed by atoms with E-state index in [0.717, 1.165) is 38.0 Å². The largest absolute Gasteiger partial charge is 3.00 e. The maximum absolute atomic E-state index is 9.45. The molecule has 34 heavy (non-hydrogen) atoms. The van der Waals surface area contributed by atoms with Gasteiger partial charge in [0.2, 0.25) is 0 Å². The van der Waals surface area contributed by atoms with Crippen LogP contribution in [0.2, 0.25) is 0 Å². The summed E-state index contributed by atoms with van der Waals surface area (Å²) in [7, 11) is 0. The first-order valence-corrected chi connectivity index (χ1v) is 11.1. The second-order valence-electron chi connectivity index (χ2n) is 7.17. The van der Waals surface area contributed by atoms with Gasteiger partial charge in [0.25, 0.3) is 0 Å². The standard InChI is InChI=1S/C18H13N2S.C11H11N.Ir/c1-11-6-9-16(19-10-11)15-5-3-4-13-14-8-7-12(2)20-18(14)21-17(13)15;1-2-3-9-11(12)10-7-5-4-6-8-10;/h3-4,6-10H,1-2H3;2-5,7-9H,1,6H2;/q-1;-2;+3/b;9-3-;/i1D3,6D,9D,10D;;. The van der Waals surface area contributed by atoms with E-state index in [2.05, 4.69) is 22.6 Å². The van der Waals surface area contributed by atoms with E-state index in [4.69, 9.17) is 8.22 Å². The molecule has 0 aliphatic heterocycles. The fraction of sp³-hybridized carbons (Fsp3) is 0.103. The molecule has 0 amide bonds. The molecule has 0 saturated carbocycles. The molecule has 5 heteroatoms. The number of hydrogen-bond donors (Lipinski definition) is 0. The van der Waals surface area contributed by atoms with Crippen LogP contribution >= 0.6 is 11.3 Å². The number of benzene rings is 1. The Balaban J connectivity index is 0.000000287. The molecule has 170 valence electrons. The number of hydrogen-bond acceptors (Lipinski definition) is 3. The topological polar surface area (TPSA) is 48.1 Å². The van der Waals surface area contributed by atoms with Crippen molar-refractivity contribution in [3.05, 3.63) is 120 Å². The molecule has 1 aromatic carbocycles. The third-order valence-corrected chi connectivity index (χ3v) is 5.96. The Morgan fingerprint density at radius 2 is 2.21 bits per heavy atom. The van der Waals surface area contributed by atoms with Crippen LogP contribution in [0.3, 0.4) is 0 Å². The monoisotopic (exact) mass is 645 g/mol. The summed E-state index contributed by atoms with van der Waals surface area (Å²) < 4.78 is 47.7. The summed E-state index contributed by atoms with van der Waals surface area (Å²) in [6.45, 7) is 2.77. The molecule has 3 heterocycles. The first-order valence-electron chi connectivity index (χ1n) is 13.3. The van der Waals surface area contributed by atoms with Crippen molar-refractivity contribution < 1.29 is 28.3 Å². The zero-order valence-corrected chi connectivity index (χ0v) is 21.6. The fourth-order valence-electron chi connectivity index (χ4n) is 3.26. The van der Waals surface area contributed by atoms with Gasteiger partial charge in [0.05, 0.1) is 4.11 Å². The molecule has 0 atom stereocenters. The second-order valence-corrected chi connectivity index (χ2v) is 8.17. The number of nitrogens with zero attached hydrogens (tertiary/aromatic N) is 3. The summed E-state index contributed by atoms with van der Waals surface area (Å²) in [4.78, 5) is 9.44. The fourth-order valence-corrected chi connectivity index (χ4v) is 4.47. The molecule has 0 saturated heterocycles. The van der Waals surface area contributed by atoms with Crippen molar-refractivity contribution in [3.63, 3.8) is 0 Å². The normalized spacial score (nSPS) is 15.4. The van der Waals surface area contributed by atoms with Gasteiger partial charge < -0.3 is 10.4 Å². The number of fused-ring (bicyclic) bond motifs is 3. The van der Waals surface area contributed by atoms with Crippen LogP contribution in [-0.2, 0) is 20.1 Å². The minimum absolute atomic E-state index is 0. The van der Waals surface area contributed by atoms with E-state index in [-0.39, 0.29) is 31.8 Å². The van der Waals surface area contributed by atoms with Crippen LogP contribution in [0.5, 0.6) is 0 Å². The number of aromatic nitrogens is 2. The van der Waals surface area contributed by atoms with Gasteiger partial charge in [-0.25, -0.2) is 10.6 Å². The number of allylic oxidation sites excluding steroid dienone is 7. The van der Waals surface area contributed by atoms with Crippen molar-refractivity contribution in [2.45, 2.75) is 20.2 Å². The maximum atomic E-state index is 9.45. The van der Waals surface area contributed by atoms with E-state index in [1.807, 2.05) is 49.8 Å². The summed E-state index contributed by atoms with van der Waals surface area (Å²) >= 11 is 1.43. The number of pyridine rings is 2. The van der Waals surface area contributed by atoms with Gasteiger partial charge >= 0.3 is 20.1 Å². The summed E-state index contributed by atoms with van der Waals surface area (Å²) in [6.07, 6.45) is 13.2. The molecule has 0 unspecified atom stereocenters. The third kappa shape index (κ3) is 5.87. The van der Waals surface area contributed by atoms with E-state index in [1.54, 1.807) is 24.3 Å². The Morgan fingerprint density at radius 3 is 2.97 bits per heavy atom. The second kappa shape index (κ2) is 11.8. The molecule has 1 aliphatic carbocycles. The van der Waals surface area contributed by atoms with Crippen LogP contribution in [0, 0.1) is 26.3 Å². The van der Waals surface area contributed by atoms with Crippen molar-refractivity contribution in [2.24, 2.45) is 0 Å². The van der Waals surface area contributed by atoms with E-state index in [9.17, 15) is 5.41 Å². The minimum Gasteiger partial charge on any atom is -0.872 e. The predicted molar refractivity (Wildman–Crippen MR) is 143 cm³/mol. The van der Waals surface area contributed by atoms with Gasteiger partial charge in [0.1, 0.15) is 4.83 Å². The average molecular weight is 645 g/mol. The molecular weight excluding hydrogens is 615 g/mol. The van der Waals surface area contributed by atoms with Crippen molar-refractivity contribution in [2.75, 3.05) is 0 Å². The summed E-state index contributed by atoms with van der Waals surface area (Å²) in [5, 5.41) is 11.4. The van der Waals surface area contributed by atoms with E-state index < -0.39 is 24.6 Å². The zero-order chi connectivity index (χ0) is 28.3. The predicted octanol–water partition coefficient (Wildman–Crippen LogP) is 7.76. The molecule has 5 rings (SSSR count). The first-order chi connectivity index (χ1) is 18.5. The summed E-state index contributed by atoms with van der Waals surface area (Å²) in [6, 6.07) is 9.75. The van der Waals surface area contributed by atoms with Crippen LogP contribution in [0.15, 0.2) is 91.1 Å². The van der Waals surface area contributed by atoms with Crippen LogP contribution < -0.4 is 0 Å². The number of thiophene rings is 1. The van der Waals surface area contributed by atoms with Gasteiger partial charge in [0, 0.05) is 16.0 Å². The first kappa shape index (κ1) is 18.2. The minimum atomic E-state index is -2.66. The van der Waals surface area contributed by atoms with Gasteiger partial charge in [-0.3, -0.25) is 5.71 Å². The summed E-state index contributed by atoms with van der Waals surface area (Å²) in [5.41, 5.74) is 2.12. The SMILES string of the molecule is C=C/C=C\C(=[N-])C1=CC=CC[CH-]1.[2H]c1nc(-c2[c-]ccc3c2sc2nc(C)ccc23)c([2H])c([2H])c1C([2H])([2H])[2H].[Ir+3]. The van der Waals surface area contributed by atoms with Crippen LogP contribution in [0.4, 0.5) is 0 Å². The molecule has 3 aromatic heterocycles. The van der Waals surface area contributed by atoms with Crippen LogP contribution in [-0.4, -0.2) is 15.7 Å². The maximum Gasteiger partial charge on any atom is 3.00 e. The van der Waals surface area contributed by atoms with Crippen molar-refractivity contribution in [3.8, 4) is 11.3 Å². The molecule has 0 fully saturated rings. The number of rotatable bonds is 4. The molecule has 0 N–H and O–H groups in total. The molecule has 0 spiro atoms. The Bertz CT molecular complexity index is 1690.